The molecular weight excluding hydrogens is 515 g/mol. The molecule has 0 spiro atoms. The van der Waals surface area contributed by atoms with Gasteiger partial charge in [-0.2, -0.15) is 18.3 Å². The maximum atomic E-state index is 13.8. The SMILES string of the molecule is Cn1cc(CN2CCN(C(=O)OC(C)(C)C)C[C@H]2C(=O)NC(C)(C)c2ncc3c(C(F)(F)F)cccn23)cn1. The summed E-state index contributed by atoms with van der Waals surface area (Å²) in [7, 11) is 1.80. The van der Waals surface area contributed by atoms with Crippen LogP contribution in [0.3, 0.4) is 0 Å². The molecule has 4 rings (SSSR count). The van der Waals surface area contributed by atoms with E-state index in [9.17, 15) is 22.8 Å². The van der Waals surface area contributed by atoms with E-state index in [-0.39, 0.29) is 23.8 Å². The van der Waals surface area contributed by atoms with Gasteiger partial charge in [0, 0.05) is 51.2 Å². The zero-order valence-corrected chi connectivity index (χ0v) is 22.9. The summed E-state index contributed by atoms with van der Waals surface area (Å²) in [5, 5.41) is 7.16. The molecular formula is C26H34F3N7O3. The van der Waals surface area contributed by atoms with Crippen LogP contribution in [-0.4, -0.2) is 72.2 Å². The molecule has 3 aromatic rings. The van der Waals surface area contributed by atoms with E-state index in [0.717, 1.165) is 17.8 Å². The van der Waals surface area contributed by atoms with Gasteiger partial charge in [0.05, 0.1) is 29.0 Å². The van der Waals surface area contributed by atoms with Gasteiger partial charge in [-0.05, 0) is 46.8 Å². The number of halogens is 3. The van der Waals surface area contributed by atoms with Gasteiger partial charge in [-0.25, -0.2) is 9.78 Å². The van der Waals surface area contributed by atoms with Crippen molar-refractivity contribution in [2.75, 3.05) is 19.6 Å². The Morgan fingerprint density at radius 3 is 2.46 bits per heavy atom. The minimum Gasteiger partial charge on any atom is -0.444 e. The van der Waals surface area contributed by atoms with Gasteiger partial charge in [0.25, 0.3) is 0 Å². The molecule has 0 saturated carbocycles. The zero-order chi connectivity index (χ0) is 28.8. The monoisotopic (exact) mass is 549 g/mol. The summed E-state index contributed by atoms with van der Waals surface area (Å²) >= 11 is 0. The number of amides is 2. The average Bonchev–Trinajstić information content (AvgIpc) is 3.43. The second kappa shape index (κ2) is 10.2. The molecule has 13 heteroatoms. The summed E-state index contributed by atoms with van der Waals surface area (Å²) < 4.78 is 49.2. The first-order valence-electron chi connectivity index (χ1n) is 12.6. The van der Waals surface area contributed by atoms with Gasteiger partial charge in [-0.3, -0.25) is 14.4 Å². The van der Waals surface area contributed by atoms with E-state index in [2.05, 4.69) is 15.4 Å². The molecule has 1 aliphatic heterocycles. The lowest BCUT2D eigenvalue weighted by molar-refractivity contribution is -0.136. The number of rotatable bonds is 5. The molecule has 1 saturated heterocycles. The molecule has 1 N–H and O–H groups in total. The van der Waals surface area contributed by atoms with Crippen LogP contribution in [0.15, 0.2) is 36.9 Å². The first-order valence-corrected chi connectivity index (χ1v) is 12.6. The molecule has 4 heterocycles. The van der Waals surface area contributed by atoms with E-state index in [0.29, 0.717) is 19.6 Å². The Balaban J connectivity index is 1.60. The van der Waals surface area contributed by atoms with E-state index < -0.39 is 35.0 Å². The molecule has 10 nitrogen and oxygen atoms in total. The van der Waals surface area contributed by atoms with E-state index in [4.69, 9.17) is 4.74 Å². The number of alkyl halides is 3. The Hall–Kier alpha value is -3.61. The summed E-state index contributed by atoms with van der Waals surface area (Å²) in [5.41, 5.74) is -1.84. The largest absolute Gasteiger partial charge is 0.444 e. The van der Waals surface area contributed by atoms with Crippen molar-refractivity contribution in [3.63, 3.8) is 0 Å². The third kappa shape index (κ3) is 6.35. The smallest absolute Gasteiger partial charge is 0.418 e. The van der Waals surface area contributed by atoms with Crippen LogP contribution in [0.2, 0.25) is 0 Å². The minimum atomic E-state index is -4.55. The van der Waals surface area contributed by atoms with Crippen LogP contribution in [-0.2, 0) is 34.8 Å². The predicted molar refractivity (Wildman–Crippen MR) is 137 cm³/mol. The summed E-state index contributed by atoms with van der Waals surface area (Å²) in [6.45, 7) is 9.97. The topological polar surface area (TPSA) is 97.0 Å². The Kier molecular flexibility index (Phi) is 7.41. The van der Waals surface area contributed by atoms with Gasteiger partial charge < -0.3 is 19.4 Å². The van der Waals surface area contributed by atoms with Crippen LogP contribution < -0.4 is 5.32 Å². The van der Waals surface area contributed by atoms with Crippen molar-refractivity contribution in [2.24, 2.45) is 7.05 Å². The number of pyridine rings is 1. The molecule has 0 bridgehead atoms. The third-order valence-electron chi connectivity index (χ3n) is 6.46. The minimum absolute atomic E-state index is 0.0810. The molecule has 1 atom stereocenters. The molecule has 0 radical (unpaired) electrons. The molecule has 2 amide bonds. The number of nitrogens with one attached hydrogen (secondary N) is 1. The van der Waals surface area contributed by atoms with Crippen molar-refractivity contribution in [1.82, 2.24) is 34.3 Å². The summed E-state index contributed by atoms with van der Waals surface area (Å²) in [5.74, 6) is -0.142. The van der Waals surface area contributed by atoms with Crippen LogP contribution in [0.5, 0.6) is 0 Å². The maximum absolute atomic E-state index is 13.8. The van der Waals surface area contributed by atoms with Gasteiger partial charge >= 0.3 is 12.3 Å². The highest BCUT2D eigenvalue weighted by molar-refractivity contribution is 5.84. The molecule has 1 fully saturated rings. The van der Waals surface area contributed by atoms with E-state index in [1.165, 1.54) is 21.6 Å². The number of fused-ring (bicyclic) bond motifs is 1. The van der Waals surface area contributed by atoms with E-state index in [1.807, 2.05) is 11.1 Å². The van der Waals surface area contributed by atoms with Gasteiger partial charge in [0.15, 0.2) is 0 Å². The lowest BCUT2D eigenvalue weighted by Crippen LogP contribution is -2.61. The van der Waals surface area contributed by atoms with Crippen LogP contribution in [0, 0.1) is 0 Å². The lowest BCUT2D eigenvalue weighted by Gasteiger charge is -2.41. The van der Waals surface area contributed by atoms with Crippen molar-refractivity contribution in [3.8, 4) is 0 Å². The number of hydrogen-bond donors (Lipinski definition) is 1. The highest BCUT2D eigenvalue weighted by Gasteiger charge is 2.40. The van der Waals surface area contributed by atoms with Crippen molar-refractivity contribution in [1.29, 1.82) is 0 Å². The number of aryl methyl sites for hydroxylation is 1. The van der Waals surface area contributed by atoms with Crippen molar-refractivity contribution >= 4 is 17.5 Å². The average molecular weight is 550 g/mol. The second-order valence-electron chi connectivity index (χ2n) is 11.3. The third-order valence-corrected chi connectivity index (χ3v) is 6.46. The summed E-state index contributed by atoms with van der Waals surface area (Å²) in [4.78, 5) is 34.3. The highest BCUT2D eigenvalue weighted by Crippen LogP contribution is 2.34. The van der Waals surface area contributed by atoms with E-state index in [1.54, 1.807) is 52.5 Å². The molecule has 1 aliphatic rings. The first kappa shape index (κ1) is 28.4. The number of piperazine rings is 1. The van der Waals surface area contributed by atoms with Crippen LogP contribution in [0.1, 0.15) is 51.6 Å². The predicted octanol–water partition coefficient (Wildman–Crippen LogP) is 3.56. The Morgan fingerprint density at radius 1 is 1.13 bits per heavy atom. The lowest BCUT2D eigenvalue weighted by atomic mass is 10.0. The number of hydrogen-bond acceptors (Lipinski definition) is 6. The quantitative estimate of drug-likeness (QED) is 0.523. The number of imidazole rings is 1. The maximum Gasteiger partial charge on any atom is 0.418 e. The number of ether oxygens (including phenoxy) is 1. The first-order chi connectivity index (χ1) is 18.0. The van der Waals surface area contributed by atoms with Crippen LogP contribution >= 0.6 is 0 Å². The van der Waals surface area contributed by atoms with Crippen LogP contribution in [0.4, 0.5) is 18.0 Å². The standard InChI is InChI=1S/C26H34F3N7O3/c1-24(2,3)39-23(38)35-11-10-34(15-17-12-31-33(6)14-17)20(16-35)21(37)32-25(4,5)22-30-13-19-18(26(27,28)29)8-7-9-36(19)22/h7-9,12-14,20H,10-11,15-16H2,1-6H3,(H,32,37)/t20-/m0/s1. The molecule has 212 valence electrons. The summed E-state index contributed by atoms with van der Waals surface area (Å²) in [6.07, 6.45) is 1.15. The number of aromatic nitrogens is 4. The molecule has 3 aromatic heterocycles. The van der Waals surface area contributed by atoms with Crippen LogP contribution in [0.25, 0.3) is 5.52 Å². The Labute approximate surface area is 224 Å². The van der Waals surface area contributed by atoms with Crippen molar-refractivity contribution in [3.05, 3.63) is 53.9 Å². The van der Waals surface area contributed by atoms with Crippen molar-refractivity contribution in [2.45, 2.75) is 64.5 Å². The van der Waals surface area contributed by atoms with Crippen molar-refractivity contribution < 1.29 is 27.5 Å². The fourth-order valence-electron chi connectivity index (χ4n) is 4.71. The fraction of sp³-hybridized carbons (Fsp3) is 0.538. The Morgan fingerprint density at radius 2 is 1.85 bits per heavy atom. The molecule has 0 aliphatic carbocycles. The second-order valence-corrected chi connectivity index (χ2v) is 11.3. The number of nitrogens with zero attached hydrogens (tertiary/aromatic N) is 6. The highest BCUT2D eigenvalue weighted by atomic mass is 19.4. The molecule has 0 aromatic carbocycles. The fourth-order valence-corrected chi connectivity index (χ4v) is 4.71. The van der Waals surface area contributed by atoms with E-state index >= 15 is 0 Å². The normalized spacial score (nSPS) is 17.5. The van der Waals surface area contributed by atoms with Gasteiger partial charge in [0.2, 0.25) is 5.91 Å². The Bertz CT molecular complexity index is 1360. The van der Waals surface area contributed by atoms with Gasteiger partial charge in [0.1, 0.15) is 17.5 Å². The molecule has 39 heavy (non-hydrogen) atoms. The number of carbonyl (C=O) groups is 2. The summed E-state index contributed by atoms with van der Waals surface area (Å²) in [6, 6.07) is 1.55. The molecule has 0 unspecified atom stereocenters. The van der Waals surface area contributed by atoms with Gasteiger partial charge in [-0.15, -0.1) is 0 Å². The number of carbonyl (C=O) groups excluding carboxylic acids is 2. The van der Waals surface area contributed by atoms with Gasteiger partial charge in [-0.1, -0.05) is 0 Å². The zero-order valence-electron chi connectivity index (χ0n) is 22.9.